The van der Waals surface area contributed by atoms with Crippen LogP contribution >= 0.6 is 0 Å². The Morgan fingerprint density at radius 2 is 1.72 bits per heavy atom. The van der Waals surface area contributed by atoms with Crippen molar-refractivity contribution in [2.45, 2.75) is 26.4 Å². The predicted octanol–water partition coefficient (Wildman–Crippen LogP) is 4.29. The van der Waals surface area contributed by atoms with Crippen LogP contribution in [0.25, 0.3) is 33.4 Å². The molecule has 0 radical (unpaired) electrons. The summed E-state index contributed by atoms with van der Waals surface area (Å²) in [6, 6.07) is 12.5. The summed E-state index contributed by atoms with van der Waals surface area (Å²) in [6.07, 6.45) is 0. The minimum atomic E-state index is -1.20. The number of carbonyl (C=O) groups excluding carboxylic acids is 1. The first-order valence-electron chi connectivity index (χ1n) is 9.82. The summed E-state index contributed by atoms with van der Waals surface area (Å²) in [5.41, 5.74) is 0.428. The minimum absolute atomic E-state index is 0.0523. The van der Waals surface area contributed by atoms with Gasteiger partial charge in [0.15, 0.2) is 5.43 Å². The summed E-state index contributed by atoms with van der Waals surface area (Å²) < 4.78 is 11.2. The number of carboxylic acid groups (broad SMARTS) is 1. The van der Waals surface area contributed by atoms with Crippen molar-refractivity contribution in [3.63, 3.8) is 0 Å². The maximum absolute atomic E-state index is 12.7. The SMILES string of the molecule is CC(C)(C)OC(=O)c1ccc(C(=O)O)c(-c2c3ccc(=O)cc-3oc3cc([O-])ccc23)c1. The number of hydrogen-bond acceptors (Lipinski definition) is 6. The normalized spacial score (nSPS) is 11.6. The predicted molar refractivity (Wildman–Crippen MR) is 116 cm³/mol. The molecule has 0 bridgehead atoms. The lowest BCUT2D eigenvalue weighted by Crippen LogP contribution is -2.24. The van der Waals surface area contributed by atoms with Crippen molar-refractivity contribution in [2.75, 3.05) is 0 Å². The molecule has 1 aliphatic heterocycles. The lowest BCUT2D eigenvalue weighted by Gasteiger charge is -2.21. The third-order valence-electron chi connectivity index (χ3n) is 4.82. The fourth-order valence-electron chi connectivity index (χ4n) is 3.54. The second-order valence-corrected chi connectivity index (χ2v) is 8.36. The zero-order chi connectivity index (χ0) is 23.2. The highest BCUT2D eigenvalue weighted by Gasteiger charge is 2.24. The van der Waals surface area contributed by atoms with Crippen LogP contribution in [0.4, 0.5) is 0 Å². The second kappa shape index (κ2) is 7.53. The van der Waals surface area contributed by atoms with Crippen molar-refractivity contribution in [3.8, 4) is 28.2 Å². The Balaban J connectivity index is 2.08. The fraction of sp³-hybridized carbons (Fsp3) is 0.160. The van der Waals surface area contributed by atoms with Gasteiger partial charge in [0.2, 0.25) is 0 Å². The van der Waals surface area contributed by atoms with Crippen molar-refractivity contribution in [2.24, 2.45) is 0 Å². The zero-order valence-corrected chi connectivity index (χ0v) is 17.6. The van der Waals surface area contributed by atoms with Crippen LogP contribution in [0.15, 0.2) is 63.8 Å². The summed E-state index contributed by atoms with van der Waals surface area (Å²) >= 11 is 0. The molecule has 2 aromatic carbocycles. The molecule has 0 amide bonds. The number of carboxylic acids is 1. The second-order valence-electron chi connectivity index (χ2n) is 8.36. The van der Waals surface area contributed by atoms with Gasteiger partial charge in [0.1, 0.15) is 16.9 Å². The van der Waals surface area contributed by atoms with Crippen LogP contribution in [0.1, 0.15) is 41.5 Å². The molecule has 0 fully saturated rings. The van der Waals surface area contributed by atoms with E-state index in [1.165, 1.54) is 54.6 Å². The van der Waals surface area contributed by atoms with Gasteiger partial charge in [-0.2, -0.15) is 0 Å². The van der Waals surface area contributed by atoms with Crippen molar-refractivity contribution < 1.29 is 29.0 Å². The average molecular weight is 431 g/mol. The quantitative estimate of drug-likeness (QED) is 0.380. The van der Waals surface area contributed by atoms with Crippen LogP contribution in [-0.4, -0.2) is 22.6 Å². The maximum Gasteiger partial charge on any atom is 0.338 e. The molecule has 162 valence electrons. The number of ether oxygens (including phenoxy) is 1. The lowest BCUT2D eigenvalue weighted by molar-refractivity contribution is -0.268. The average Bonchev–Trinajstić information content (AvgIpc) is 2.70. The van der Waals surface area contributed by atoms with Crippen molar-refractivity contribution in [1.82, 2.24) is 0 Å². The van der Waals surface area contributed by atoms with E-state index >= 15 is 0 Å². The van der Waals surface area contributed by atoms with Gasteiger partial charge in [0, 0.05) is 22.6 Å². The number of esters is 1. The molecule has 0 saturated carbocycles. The molecule has 2 aliphatic rings. The summed E-state index contributed by atoms with van der Waals surface area (Å²) in [5.74, 6) is -1.90. The lowest BCUT2D eigenvalue weighted by atomic mass is 9.89. The first-order valence-corrected chi connectivity index (χ1v) is 9.82. The molecule has 0 spiro atoms. The Kier molecular flexibility index (Phi) is 4.97. The van der Waals surface area contributed by atoms with Gasteiger partial charge in [-0.05, 0) is 62.7 Å². The van der Waals surface area contributed by atoms with Gasteiger partial charge in [-0.3, -0.25) is 4.79 Å². The molecule has 0 unspecified atom stereocenters. The zero-order valence-electron chi connectivity index (χ0n) is 17.6. The van der Waals surface area contributed by atoms with E-state index in [1.54, 1.807) is 20.8 Å². The van der Waals surface area contributed by atoms with E-state index < -0.39 is 17.5 Å². The van der Waals surface area contributed by atoms with Crippen molar-refractivity contribution in [3.05, 3.63) is 75.9 Å². The van der Waals surface area contributed by atoms with Crippen molar-refractivity contribution >= 4 is 22.9 Å². The Morgan fingerprint density at radius 3 is 2.41 bits per heavy atom. The Morgan fingerprint density at radius 1 is 0.969 bits per heavy atom. The molecule has 7 heteroatoms. The van der Waals surface area contributed by atoms with Crippen molar-refractivity contribution in [1.29, 1.82) is 0 Å². The van der Waals surface area contributed by atoms with E-state index in [9.17, 15) is 24.6 Å². The molecule has 0 atom stereocenters. The summed E-state index contributed by atoms with van der Waals surface area (Å²) in [6.45, 7) is 5.20. The number of hydrogen-bond donors (Lipinski definition) is 1. The van der Waals surface area contributed by atoms with Crippen LogP contribution in [0.3, 0.4) is 0 Å². The molecule has 7 nitrogen and oxygen atoms in total. The van der Waals surface area contributed by atoms with Crippen LogP contribution in [0, 0.1) is 0 Å². The maximum atomic E-state index is 12.7. The standard InChI is InChI=1S/C25H20O7/c1-25(2,3)32-24(30)13-4-7-16(23(28)29)19(10-13)22-17-8-5-14(26)11-20(17)31-21-12-15(27)6-9-18(21)22/h4-12,26H,1-3H3,(H,28,29)/p-1. The third-order valence-corrected chi connectivity index (χ3v) is 4.82. The van der Waals surface area contributed by atoms with Gasteiger partial charge in [0.25, 0.3) is 0 Å². The molecular formula is C25H19O7-. The Labute approximate surface area is 182 Å². The molecular weight excluding hydrogens is 412 g/mol. The topological polar surface area (TPSA) is 117 Å². The molecule has 4 rings (SSSR count). The molecule has 0 saturated heterocycles. The molecule has 1 heterocycles. The summed E-state index contributed by atoms with van der Waals surface area (Å²) in [5, 5.41) is 22.2. The fourth-order valence-corrected chi connectivity index (χ4v) is 3.54. The number of benzene rings is 3. The van der Waals surface area contributed by atoms with Crippen LogP contribution in [0.5, 0.6) is 5.75 Å². The number of aromatic carboxylic acids is 1. The minimum Gasteiger partial charge on any atom is -0.872 e. The molecule has 2 aromatic rings. The van der Waals surface area contributed by atoms with Crippen LogP contribution < -0.4 is 10.5 Å². The number of carbonyl (C=O) groups is 2. The highest BCUT2D eigenvalue weighted by molar-refractivity contribution is 6.08. The van der Waals surface area contributed by atoms with Crippen LogP contribution in [-0.2, 0) is 4.74 Å². The highest BCUT2D eigenvalue weighted by atomic mass is 16.6. The van der Waals surface area contributed by atoms with E-state index in [0.717, 1.165) is 0 Å². The molecule has 1 aliphatic carbocycles. The van der Waals surface area contributed by atoms with Gasteiger partial charge in [-0.1, -0.05) is 12.1 Å². The first-order chi connectivity index (χ1) is 15.0. The number of fused-ring (bicyclic) bond motifs is 2. The summed E-state index contributed by atoms with van der Waals surface area (Å²) in [4.78, 5) is 36.6. The van der Waals surface area contributed by atoms with Gasteiger partial charge < -0.3 is 19.4 Å². The van der Waals surface area contributed by atoms with E-state index in [2.05, 4.69) is 0 Å². The van der Waals surface area contributed by atoms with Gasteiger partial charge in [-0.25, -0.2) is 9.59 Å². The third kappa shape index (κ3) is 3.92. The van der Waals surface area contributed by atoms with Gasteiger partial charge in [-0.15, -0.1) is 5.75 Å². The summed E-state index contributed by atoms with van der Waals surface area (Å²) in [7, 11) is 0. The smallest absolute Gasteiger partial charge is 0.338 e. The number of rotatable bonds is 3. The van der Waals surface area contributed by atoms with E-state index in [-0.39, 0.29) is 39.2 Å². The molecule has 1 N–H and O–H groups in total. The van der Waals surface area contributed by atoms with Crippen LogP contribution in [0.2, 0.25) is 0 Å². The highest BCUT2D eigenvalue weighted by Crippen LogP contribution is 2.42. The van der Waals surface area contributed by atoms with E-state index in [4.69, 9.17) is 9.15 Å². The molecule has 32 heavy (non-hydrogen) atoms. The first kappa shape index (κ1) is 21.1. The largest absolute Gasteiger partial charge is 0.872 e. The Hall–Kier alpha value is -4.13. The van der Waals surface area contributed by atoms with Gasteiger partial charge in [0.05, 0.1) is 11.1 Å². The molecule has 0 aromatic heterocycles. The van der Waals surface area contributed by atoms with E-state index in [1.807, 2.05) is 0 Å². The van der Waals surface area contributed by atoms with E-state index in [0.29, 0.717) is 16.5 Å². The Bertz CT molecular complexity index is 1410. The monoisotopic (exact) mass is 431 g/mol. The van der Waals surface area contributed by atoms with Gasteiger partial charge >= 0.3 is 11.9 Å².